The summed E-state index contributed by atoms with van der Waals surface area (Å²) in [6, 6.07) is 6.84. The van der Waals surface area contributed by atoms with E-state index in [1.54, 1.807) is 24.3 Å². The first-order valence-electron chi connectivity index (χ1n) is 4.70. The van der Waals surface area contributed by atoms with Crippen molar-refractivity contribution in [2.45, 2.75) is 31.1 Å². The number of nitrogens with two attached hydrogens (primary N) is 1. The largest absolute Gasteiger partial charge is 0.399 e. The van der Waals surface area contributed by atoms with Gasteiger partial charge in [0.1, 0.15) is 0 Å². The van der Waals surface area contributed by atoms with Crippen LogP contribution in [0.3, 0.4) is 0 Å². The van der Waals surface area contributed by atoms with E-state index in [0.717, 1.165) is 6.92 Å². The highest BCUT2D eigenvalue weighted by atomic mass is 19.3. The zero-order valence-corrected chi connectivity index (χ0v) is 8.06. The SMILES string of the molecule is CC(F)(F)C1(c2cccc(N)c2)CC1. The van der Waals surface area contributed by atoms with Crippen LogP contribution >= 0.6 is 0 Å². The average molecular weight is 197 g/mol. The average Bonchev–Trinajstić information content (AvgIpc) is 2.82. The highest BCUT2D eigenvalue weighted by molar-refractivity contribution is 5.46. The number of alkyl halides is 2. The van der Waals surface area contributed by atoms with Crippen molar-refractivity contribution < 1.29 is 8.78 Å². The topological polar surface area (TPSA) is 26.0 Å². The van der Waals surface area contributed by atoms with Crippen LogP contribution in [0.1, 0.15) is 25.3 Å². The first-order valence-corrected chi connectivity index (χ1v) is 4.70. The van der Waals surface area contributed by atoms with Crippen LogP contribution in [-0.2, 0) is 5.41 Å². The molecule has 76 valence electrons. The number of benzene rings is 1. The van der Waals surface area contributed by atoms with Crippen LogP contribution in [-0.4, -0.2) is 5.92 Å². The van der Waals surface area contributed by atoms with Gasteiger partial charge in [0.05, 0.1) is 5.41 Å². The third-order valence-electron chi connectivity index (χ3n) is 3.03. The van der Waals surface area contributed by atoms with Gasteiger partial charge in [0.25, 0.3) is 5.92 Å². The lowest BCUT2D eigenvalue weighted by molar-refractivity contribution is -0.0199. The van der Waals surface area contributed by atoms with Gasteiger partial charge in [-0.3, -0.25) is 0 Å². The Kier molecular flexibility index (Phi) is 1.81. The fraction of sp³-hybridized carbons (Fsp3) is 0.455. The molecule has 1 fully saturated rings. The van der Waals surface area contributed by atoms with E-state index in [1.165, 1.54) is 0 Å². The van der Waals surface area contributed by atoms with Crippen molar-refractivity contribution in [3.05, 3.63) is 29.8 Å². The van der Waals surface area contributed by atoms with Crippen LogP contribution < -0.4 is 5.73 Å². The Hall–Kier alpha value is -1.12. The molecule has 14 heavy (non-hydrogen) atoms. The van der Waals surface area contributed by atoms with Gasteiger partial charge >= 0.3 is 0 Å². The molecule has 0 radical (unpaired) electrons. The van der Waals surface area contributed by atoms with Gasteiger partial charge < -0.3 is 5.73 Å². The third kappa shape index (κ3) is 1.27. The van der Waals surface area contributed by atoms with Crippen LogP contribution in [0.2, 0.25) is 0 Å². The number of hydrogen-bond donors (Lipinski definition) is 1. The van der Waals surface area contributed by atoms with Crippen LogP contribution in [0.15, 0.2) is 24.3 Å². The van der Waals surface area contributed by atoms with E-state index in [1.807, 2.05) is 0 Å². The fourth-order valence-electron chi connectivity index (χ4n) is 1.94. The van der Waals surface area contributed by atoms with Crippen LogP contribution in [0.5, 0.6) is 0 Å². The molecular weight excluding hydrogens is 184 g/mol. The van der Waals surface area contributed by atoms with Crippen LogP contribution in [0.4, 0.5) is 14.5 Å². The van der Waals surface area contributed by atoms with Crippen molar-refractivity contribution in [3.8, 4) is 0 Å². The van der Waals surface area contributed by atoms with Gasteiger partial charge in [0.15, 0.2) is 0 Å². The minimum absolute atomic E-state index is 0.554. The van der Waals surface area contributed by atoms with E-state index >= 15 is 0 Å². The van der Waals surface area contributed by atoms with Crippen LogP contribution in [0.25, 0.3) is 0 Å². The van der Waals surface area contributed by atoms with E-state index in [-0.39, 0.29) is 0 Å². The lowest BCUT2D eigenvalue weighted by atomic mass is 9.90. The molecule has 2 rings (SSSR count). The summed E-state index contributed by atoms with van der Waals surface area (Å²) in [7, 11) is 0. The molecule has 0 unspecified atom stereocenters. The summed E-state index contributed by atoms with van der Waals surface area (Å²) in [6.45, 7) is 0.989. The summed E-state index contributed by atoms with van der Waals surface area (Å²) in [5.74, 6) is -2.65. The third-order valence-corrected chi connectivity index (χ3v) is 3.03. The zero-order valence-electron chi connectivity index (χ0n) is 8.06. The van der Waals surface area contributed by atoms with Gasteiger partial charge in [0.2, 0.25) is 0 Å². The Morgan fingerprint density at radius 3 is 2.43 bits per heavy atom. The molecule has 0 heterocycles. The van der Waals surface area contributed by atoms with E-state index in [2.05, 4.69) is 0 Å². The predicted octanol–water partition coefficient (Wildman–Crippen LogP) is 2.96. The van der Waals surface area contributed by atoms with Crippen LogP contribution in [0, 0.1) is 0 Å². The maximum absolute atomic E-state index is 13.3. The number of hydrogen-bond acceptors (Lipinski definition) is 1. The summed E-state index contributed by atoms with van der Waals surface area (Å²) >= 11 is 0. The monoisotopic (exact) mass is 197 g/mol. The summed E-state index contributed by atoms with van der Waals surface area (Å²) in [4.78, 5) is 0. The second-order valence-corrected chi connectivity index (χ2v) is 4.10. The molecular formula is C11H13F2N. The Bertz CT molecular complexity index is 351. The fourth-order valence-corrected chi connectivity index (χ4v) is 1.94. The van der Waals surface area contributed by atoms with Gasteiger partial charge in [-0.1, -0.05) is 12.1 Å². The van der Waals surface area contributed by atoms with E-state index < -0.39 is 11.3 Å². The van der Waals surface area contributed by atoms with Gasteiger partial charge in [-0.2, -0.15) is 0 Å². The molecule has 2 N–H and O–H groups in total. The normalized spacial score (nSPS) is 19.4. The van der Waals surface area contributed by atoms with Crippen molar-refractivity contribution in [3.63, 3.8) is 0 Å². The number of nitrogen functional groups attached to an aromatic ring is 1. The highest BCUT2D eigenvalue weighted by Gasteiger charge is 2.59. The summed E-state index contributed by atoms with van der Waals surface area (Å²) in [5.41, 5.74) is 5.86. The van der Waals surface area contributed by atoms with Crippen molar-refractivity contribution >= 4 is 5.69 Å². The highest BCUT2D eigenvalue weighted by Crippen LogP contribution is 2.58. The smallest absolute Gasteiger partial charge is 0.254 e. The van der Waals surface area contributed by atoms with Gasteiger partial charge in [-0.15, -0.1) is 0 Å². The first kappa shape index (κ1) is 9.44. The molecule has 1 saturated carbocycles. The molecule has 0 saturated heterocycles. The van der Waals surface area contributed by atoms with Crippen molar-refractivity contribution in [2.24, 2.45) is 0 Å². The number of rotatable bonds is 2. The predicted molar refractivity (Wildman–Crippen MR) is 52.4 cm³/mol. The molecule has 0 bridgehead atoms. The summed E-state index contributed by atoms with van der Waals surface area (Å²) < 4.78 is 26.7. The summed E-state index contributed by atoms with van der Waals surface area (Å²) in [5, 5.41) is 0. The second-order valence-electron chi connectivity index (χ2n) is 4.10. The van der Waals surface area contributed by atoms with Crippen molar-refractivity contribution in [2.75, 3.05) is 5.73 Å². The molecule has 0 amide bonds. The van der Waals surface area contributed by atoms with Gasteiger partial charge in [-0.25, -0.2) is 8.78 Å². The first-order chi connectivity index (χ1) is 6.46. The van der Waals surface area contributed by atoms with Gasteiger partial charge in [-0.05, 0) is 30.5 Å². The lowest BCUT2D eigenvalue weighted by Crippen LogP contribution is -2.30. The molecule has 1 aliphatic rings. The maximum Gasteiger partial charge on any atom is 0.254 e. The Balaban J connectivity index is 2.41. The molecule has 1 nitrogen and oxygen atoms in total. The Labute approximate surface area is 81.9 Å². The standard InChI is InChI=1S/C11H13F2N/c1-10(12,13)11(5-6-11)8-3-2-4-9(14)7-8/h2-4,7H,5-6,14H2,1H3. The zero-order chi connectivity index (χ0) is 10.4. The quantitative estimate of drug-likeness (QED) is 0.725. The Morgan fingerprint density at radius 1 is 1.36 bits per heavy atom. The molecule has 0 aromatic heterocycles. The van der Waals surface area contributed by atoms with Gasteiger partial charge in [0, 0.05) is 12.6 Å². The van der Waals surface area contributed by atoms with E-state index in [4.69, 9.17) is 5.73 Å². The second kappa shape index (κ2) is 2.69. The number of halogens is 2. The van der Waals surface area contributed by atoms with E-state index in [0.29, 0.717) is 24.1 Å². The molecule has 0 spiro atoms. The van der Waals surface area contributed by atoms with Crippen molar-refractivity contribution in [1.29, 1.82) is 0 Å². The molecule has 0 aliphatic heterocycles. The molecule has 1 aromatic rings. The molecule has 3 heteroatoms. The molecule has 1 aromatic carbocycles. The minimum atomic E-state index is -2.65. The molecule has 1 aliphatic carbocycles. The lowest BCUT2D eigenvalue weighted by Gasteiger charge is -2.23. The molecule has 0 atom stereocenters. The summed E-state index contributed by atoms with van der Waals surface area (Å²) in [6.07, 6.45) is 1.11. The minimum Gasteiger partial charge on any atom is -0.399 e. The van der Waals surface area contributed by atoms with Crippen molar-refractivity contribution in [1.82, 2.24) is 0 Å². The maximum atomic E-state index is 13.3. The number of anilines is 1. The Morgan fingerprint density at radius 2 is 2.00 bits per heavy atom. The van der Waals surface area contributed by atoms with E-state index in [9.17, 15) is 8.78 Å².